The number of hydrogen-bond acceptors (Lipinski definition) is 3. The van der Waals surface area contributed by atoms with Gasteiger partial charge in [0.05, 0.1) is 12.0 Å². The summed E-state index contributed by atoms with van der Waals surface area (Å²) >= 11 is 0. The molecule has 0 radical (unpaired) electrons. The minimum absolute atomic E-state index is 0.212. The largest absolute Gasteiger partial charge is 0.481 e. The predicted molar refractivity (Wildman–Crippen MR) is 64.9 cm³/mol. The highest BCUT2D eigenvalue weighted by Crippen LogP contribution is 2.32. The minimum atomic E-state index is -0.665. The molecule has 0 spiro atoms. The summed E-state index contributed by atoms with van der Waals surface area (Å²) in [4.78, 5) is 13.3. The second-order valence-corrected chi connectivity index (χ2v) is 5.47. The van der Waals surface area contributed by atoms with E-state index in [9.17, 15) is 4.79 Å². The Labute approximate surface area is 103 Å². The summed E-state index contributed by atoms with van der Waals surface area (Å²) in [5, 5.41) is 8.97. The van der Waals surface area contributed by atoms with Crippen molar-refractivity contribution in [3.8, 4) is 0 Å². The van der Waals surface area contributed by atoms with E-state index in [0.29, 0.717) is 18.1 Å². The molecule has 98 valence electrons. The molecule has 1 aliphatic heterocycles. The molecule has 3 unspecified atom stereocenters. The molecule has 4 heteroatoms. The lowest BCUT2D eigenvalue weighted by Gasteiger charge is -2.49. The van der Waals surface area contributed by atoms with Crippen molar-refractivity contribution in [3.05, 3.63) is 0 Å². The van der Waals surface area contributed by atoms with Crippen LogP contribution >= 0.6 is 0 Å². The summed E-state index contributed by atoms with van der Waals surface area (Å²) < 4.78 is 5.55. The lowest BCUT2D eigenvalue weighted by molar-refractivity contribution is -0.147. The van der Waals surface area contributed by atoms with Crippen LogP contribution in [0.3, 0.4) is 0 Å². The Balaban J connectivity index is 1.83. The third-order valence-corrected chi connectivity index (χ3v) is 4.47. The maximum Gasteiger partial charge on any atom is 0.306 e. The Kier molecular flexibility index (Phi) is 4.05. The Morgan fingerprint density at radius 3 is 2.59 bits per heavy atom. The van der Waals surface area contributed by atoms with Crippen LogP contribution in [0.1, 0.15) is 32.6 Å². The Bertz CT molecular complexity index is 276. The number of aliphatic carboxylic acids is 1. The molecule has 1 aliphatic carbocycles. The summed E-state index contributed by atoms with van der Waals surface area (Å²) in [6.07, 6.45) is 5.24. The molecule has 3 atom stereocenters. The van der Waals surface area contributed by atoms with Gasteiger partial charge in [-0.05, 0) is 18.8 Å². The molecule has 4 nitrogen and oxygen atoms in total. The molecular weight excluding hydrogens is 218 g/mol. The van der Waals surface area contributed by atoms with Crippen LogP contribution in [0.25, 0.3) is 0 Å². The van der Waals surface area contributed by atoms with Crippen molar-refractivity contribution in [1.82, 2.24) is 4.90 Å². The third kappa shape index (κ3) is 2.63. The number of ether oxygens (including phenoxy) is 1. The van der Waals surface area contributed by atoms with E-state index in [1.165, 1.54) is 19.3 Å². The van der Waals surface area contributed by atoms with Crippen molar-refractivity contribution in [2.75, 3.05) is 20.2 Å². The van der Waals surface area contributed by atoms with Crippen molar-refractivity contribution < 1.29 is 14.6 Å². The van der Waals surface area contributed by atoms with E-state index in [0.717, 1.165) is 19.5 Å². The second kappa shape index (κ2) is 5.36. The smallest absolute Gasteiger partial charge is 0.306 e. The van der Waals surface area contributed by atoms with Crippen LogP contribution < -0.4 is 0 Å². The van der Waals surface area contributed by atoms with Crippen LogP contribution in [0.2, 0.25) is 0 Å². The molecule has 0 amide bonds. The van der Waals surface area contributed by atoms with Crippen molar-refractivity contribution >= 4 is 5.97 Å². The highest BCUT2D eigenvalue weighted by Gasteiger charge is 2.41. The fourth-order valence-corrected chi connectivity index (χ4v) is 3.11. The van der Waals surface area contributed by atoms with Gasteiger partial charge in [-0.15, -0.1) is 0 Å². The number of carboxylic acids is 1. The van der Waals surface area contributed by atoms with Crippen molar-refractivity contribution in [1.29, 1.82) is 0 Å². The van der Waals surface area contributed by atoms with Gasteiger partial charge in [0.15, 0.2) is 0 Å². The molecule has 17 heavy (non-hydrogen) atoms. The Hall–Kier alpha value is -0.610. The van der Waals surface area contributed by atoms with Crippen molar-refractivity contribution in [2.24, 2.45) is 11.8 Å². The first-order chi connectivity index (χ1) is 8.13. The number of methoxy groups -OCH3 is 1. The molecule has 1 saturated heterocycles. The van der Waals surface area contributed by atoms with E-state index in [4.69, 9.17) is 9.84 Å². The van der Waals surface area contributed by atoms with Gasteiger partial charge in [0.25, 0.3) is 0 Å². The van der Waals surface area contributed by atoms with Gasteiger partial charge in [-0.25, -0.2) is 0 Å². The van der Waals surface area contributed by atoms with Gasteiger partial charge in [-0.3, -0.25) is 9.69 Å². The average Bonchev–Trinajstić information content (AvgIpc) is 2.27. The topological polar surface area (TPSA) is 49.8 Å². The SMILES string of the molecule is COC1CCCCC1N1CC(C(C)C(=O)O)C1. The molecular formula is C13H23NO3. The fourth-order valence-electron chi connectivity index (χ4n) is 3.11. The molecule has 0 aromatic heterocycles. The van der Waals surface area contributed by atoms with Crippen LogP contribution in [0.5, 0.6) is 0 Å². The van der Waals surface area contributed by atoms with Crippen LogP contribution in [0.4, 0.5) is 0 Å². The summed E-state index contributed by atoms with van der Waals surface area (Å²) in [6, 6.07) is 0.519. The quantitative estimate of drug-likeness (QED) is 0.812. The summed E-state index contributed by atoms with van der Waals surface area (Å²) in [7, 11) is 1.79. The van der Waals surface area contributed by atoms with Crippen molar-refractivity contribution in [3.63, 3.8) is 0 Å². The molecule has 1 N–H and O–H groups in total. The minimum Gasteiger partial charge on any atom is -0.481 e. The Morgan fingerprint density at radius 1 is 1.35 bits per heavy atom. The third-order valence-electron chi connectivity index (χ3n) is 4.47. The van der Waals surface area contributed by atoms with Gasteiger partial charge in [0, 0.05) is 26.2 Å². The van der Waals surface area contributed by atoms with Crippen LogP contribution in [-0.2, 0) is 9.53 Å². The zero-order chi connectivity index (χ0) is 12.4. The second-order valence-electron chi connectivity index (χ2n) is 5.47. The molecule has 0 bridgehead atoms. The summed E-state index contributed by atoms with van der Waals surface area (Å²) in [6.45, 7) is 3.68. The monoisotopic (exact) mass is 241 g/mol. The highest BCUT2D eigenvalue weighted by molar-refractivity contribution is 5.70. The number of likely N-dealkylation sites (tertiary alicyclic amines) is 1. The van der Waals surface area contributed by atoms with Gasteiger partial charge in [-0.1, -0.05) is 19.8 Å². The zero-order valence-corrected chi connectivity index (χ0v) is 10.8. The first kappa shape index (κ1) is 12.8. The van der Waals surface area contributed by atoms with Gasteiger partial charge in [0.2, 0.25) is 0 Å². The number of nitrogens with zero attached hydrogens (tertiary/aromatic N) is 1. The predicted octanol–water partition coefficient (Wildman–Crippen LogP) is 1.60. The standard InChI is InChI=1S/C13H23NO3/c1-9(13(15)16)10-7-14(8-10)11-5-3-4-6-12(11)17-2/h9-12H,3-8H2,1-2H3,(H,15,16). The summed E-state index contributed by atoms with van der Waals surface area (Å²) in [5.41, 5.74) is 0. The van der Waals surface area contributed by atoms with Gasteiger partial charge < -0.3 is 9.84 Å². The van der Waals surface area contributed by atoms with Gasteiger partial charge >= 0.3 is 5.97 Å². The maximum atomic E-state index is 10.9. The fraction of sp³-hybridized carbons (Fsp3) is 0.923. The molecule has 2 rings (SSSR count). The first-order valence-electron chi connectivity index (χ1n) is 6.63. The zero-order valence-electron chi connectivity index (χ0n) is 10.8. The van der Waals surface area contributed by atoms with Gasteiger partial charge in [-0.2, -0.15) is 0 Å². The van der Waals surface area contributed by atoms with E-state index in [-0.39, 0.29) is 5.92 Å². The average molecular weight is 241 g/mol. The number of carboxylic acid groups (broad SMARTS) is 1. The van der Waals surface area contributed by atoms with E-state index in [1.807, 2.05) is 6.92 Å². The summed E-state index contributed by atoms with van der Waals surface area (Å²) in [5.74, 6) is -0.552. The molecule has 2 fully saturated rings. The molecule has 2 aliphatic rings. The van der Waals surface area contributed by atoms with Crippen LogP contribution in [-0.4, -0.2) is 48.3 Å². The molecule has 0 aromatic carbocycles. The molecule has 0 aromatic rings. The first-order valence-corrected chi connectivity index (χ1v) is 6.63. The lowest BCUT2D eigenvalue weighted by atomic mass is 9.82. The lowest BCUT2D eigenvalue weighted by Crippen LogP contribution is -2.59. The highest BCUT2D eigenvalue weighted by atomic mass is 16.5. The molecule has 1 saturated carbocycles. The van der Waals surface area contributed by atoms with E-state index in [2.05, 4.69) is 4.90 Å². The van der Waals surface area contributed by atoms with Crippen LogP contribution in [0.15, 0.2) is 0 Å². The van der Waals surface area contributed by atoms with E-state index in [1.54, 1.807) is 7.11 Å². The van der Waals surface area contributed by atoms with E-state index >= 15 is 0 Å². The Morgan fingerprint density at radius 2 is 2.00 bits per heavy atom. The van der Waals surface area contributed by atoms with Crippen LogP contribution in [0, 0.1) is 11.8 Å². The number of hydrogen-bond donors (Lipinski definition) is 1. The van der Waals surface area contributed by atoms with Crippen molar-refractivity contribution in [2.45, 2.75) is 44.8 Å². The normalized spacial score (nSPS) is 33.1. The maximum absolute atomic E-state index is 10.9. The number of rotatable bonds is 4. The number of carbonyl (C=O) groups is 1. The van der Waals surface area contributed by atoms with Gasteiger partial charge in [0.1, 0.15) is 0 Å². The van der Waals surface area contributed by atoms with E-state index < -0.39 is 5.97 Å². The molecule has 1 heterocycles.